The standard InChI is InChI=1S/C17H21BrN2O/c1-4-7-19-11-14-9-13(3)20-17(10-14)21-15-5-6-16(18)12(2)8-15/h5-6,8-10,19H,4,7,11H2,1-3H3. The summed E-state index contributed by atoms with van der Waals surface area (Å²) < 4.78 is 6.96. The van der Waals surface area contributed by atoms with Crippen LogP contribution in [0.25, 0.3) is 0 Å². The first-order valence-corrected chi connectivity index (χ1v) is 8.00. The van der Waals surface area contributed by atoms with E-state index < -0.39 is 0 Å². The highest BCUT2D eigenvalue weighted by Crippen LogP contribution is 2.26. The molecule has 2 aromatic rings. The summed E-state index contributed by atoms with van der Waals surface area (Å²) in [6, 6.07) is 10.0. The van der Waals surface area contributed by atoms with E-state index in [-0.39, 0.29) is 0 Å². The molecule has 0 bridgehead atoms. The molecule has 0 aliphatic rings. The maximum atomic E-state index is 5.88. The van der Waals surface area contributed by atoms with Gasteiger partial charge in [-0.05, 0) is 62.2 Å². The number of pyridine rings is 1. The molecule has 1 N–H and O–H groups in total. The molecule has 3 nitrogen and oxygen atoms in total. The van der Waals surface area contributed by atoms with Crippen LogP contribution in [0.2, 0.25) is 0 Å². The normalized spacial score (nSPS) is 10.7. The van der Waals surface area contributed by atoms with E-state index in [1.54, 1.807) is 0 Å². The summed E-state index contributed by atoms with van der Waals surface area (Å²) in [4.78, 5) is 4.45. The van der Waals surface area contributed by atoms with Crippen molar-refractivity contribution >= 4 is 15.9 Å². The molecule has 0 amide bonds. The molecule has 2 rings (SSSR count). The van der Waals surface area contributed by atoms with Crippen LogP contribution < -0.4 is 10.1 Å². The van der Waals surface area contributed by atoms with Crippen LogP contribution in [0, 0.1) is 13.8 Å². The van der Waals surface area contributed by atoms with Gasteiger partial charge in [-0.1, -0.05) is 22.9 Å². The summed E-state index contributed by atoms with van der Waals surface area (Å²) in [5, 5.41) is 3.40. The van der Waals surface area contributed by atoms with E-state index in [0.29, 0.717) is 5.88 Å². The number of ether oxygens (including phenoxy) is 1. The van der Waals surface area contributed by atoms with Gasteiger partial charge in [0.2, 0.25) is 5.88 Å². The van der Waals surface area contributed by atoms with Gasteiger partial charge in [-0.3, -0.25) is 0 Å². The Kier molecular flexibility index (Phi) is 5.76. The van der Waals surface area contributed by atoms with Crippen LogP contribution in [0.5, 0.6) is 11.6 Å². The van der Waals surface area contributed by atoms with Crippen LogP contribution in [-0.2, 0) is 6.54 Å². The fourth-order valence-corrected chi connectivity index (χ4v) is 2.32. The van der Waals surface area contributed by atoms with Crippen LogP contribution in [0.4, 0.5) is 0 Å². The molecule has 0 spiro atoms. The molecule has 0 unspecified atom stereocenters. The number of rotatable bonds is 6. The number of hydrogen-bond donors (Lipinski definition) is 1. The van der Waals surface area contributed by atoms with Gasteiger partial charge in [0, 0.05) is 22.8 Å². The van der Waals surface area contributed by atoms with Gasteiger partial charge in [0.05, 0.1) is 0 Å². The highest BCUT2D eigenvalue weighted by atomic mass is 79.9. The molecule has 0 atom stereocenters. The lowest BCUT2D eigenvalue weighted by atomic mass is 10.2. The lowest BCUT2D eigenvalue weighted by Gasteiger charge is -2.10. The Bertz CT molecular complexity index is 614. The fraction of sp³-hybridized carbons (Fsp3) is 0.353. The monoisotopic (exact) mass is 348 g/mol. The molecule has 0 saturated heterocycles. The average Bonchev–Trinajstić information content (AvgIpc) is 2.43. The van der Waals surface area contributed by atoms with Gasteiger partial charge in [-0.25, -0.2) is 4.98 Å². The summed E-state index contributed by atoms with van der Waals surface area (Å²) in [5.74, 6) is 1.45. The highest BCUT2D eigenvalue weighted by molar-refractivity contribution is 9.10. The molecule has 0 aliphatic heterocycles. The second-order valence-electron chi connectivity index (χ2n) is 5.14. The lowest BCUT2D eigenvalue weighted by molar-refractivity contribution is 0.460. The molecule has 4 heteroatoms. The van der Waals surface area contributed by atoms with Crippen LogP contribution >= 0.6 is 15.9 Å². The van der Waals surface area contributed by atoms with Gasteiger partial charge in [-0.2, -0.15) is 0 Å². The SMILES string of the molecule is CCCNCc1cc(C)nc(Oc2ccc(Br)c(C)c2)c1. The molecule has 1 heterocycles. The smallest absolute Gasteiger partial charge is 0.219 e. The maximum Gasteiger partial charge on any atom is 0.219 e. The summed E-state index contributed by atoms with van der Waals surface area (Å²) in [7, 11) is 0. The number of benzene rings is 1. The van der Waals surface area contributed by atoms with Crippen LogP contribution in [0.3, 0.4) is 0 Å². The number of nitrogens with zero attached hydrogens (tertiary/aromatic N) is 1. The zero-order chi connectivity index (χ0) is 15.2. The Morgan fingerprint density at radius 2 is 2.00 bits per heavy atom. The Morgan fingerprint density at radius 3 is 2.71 bits per heavy atom. The predicted octanol–water partition coefficient (Wildman–Crippen LogP) is 4.75. The van der Waals surface area contributed by atoms with Gasteiger partial charge in [0.1, 0.15) is 5.75 Å². The van der Waals surface area contributed by atoms with Crippen LogP contribution in [0.1, 0.15) is 30.2 Å². The molecule has 1 aromatic heterocycles. The van der Waals surface area contributed by atoms with Gasteiger partial charge in [0.15, 0.2) is 0 Å². The van der Waals surface area contributed by atoms with E-state index in [2.05, 4.69) is 39.2 Å². The fourth-order valence-electron chi connectivity index (χ4n) is 2.07. The van der Waals surface area contributed by atoms with Crippen LogP contribution in [-0.4, -0.2) is 11.5 Å². The number of nitrogens with one attached hydrogen (secondary N) is 1. The minimum absolute atomic E-state index is 0.644. The molecular formula is C17H21BrN2O. The first-order chi connectivity index (χ1) is 10.1. The molecule has 0 radical (unpaired) electrons. The zero-order valence-electron chi connectivity index (χ0n) is 12.7. The summed E-state index contributed by atoms with van der Waals surface area (Å²) >= 11 is 3.49. The van der Waals surface area contributed by atoms with E-state index in [1.165, 1.54) is 5.56 Å². The van der Waals surface area contributed by atoms with Crippen molar-refractivity contribution in [1.82, 2.24) is 10.3 Å². The first-order valence-electron chi connectivity index (χ1n) is 7.20. The van der Waals surface area contributed by atoms with E-state index >= 15 is 0 Å². The second-order valence-corrected chi connectivity index (χ2v) is 6.00. The van der Waals surface area contributed by atoms with E-state index in [1.807, 2.05) is 38.1 Å². The summed E-state index contributed by atoms with van der Waals surface area (Å²) in [6.07, 6.45) is 1.13. The Hall–Kier alpha value is -1.39. The van der Waals surface area contributed by atoms with Crippen molar-refractivity contribution in [1.29, 1.82) is 0 Å². The first kappa shape index (κ1) is 16.0. The topological polar surface area (TPSA) is 34.2 Å². The van der Waals surface area contributed by atoms with E-state index in [9.17, 15) is 0 Å². The largest absolute Gasteiger partial charge is 0.439 e. The molecule has 112 valence electrons. The average molecular weight is 349 g/mol. The minimum atomic E-state index is 0.644. The Morgan fingerprint density at radius 1 is 1.19 bits per heavy atom. The van der Waals surface area contributed by atoms with E-state index in [0.717, 1.165) is 41.0 Å². The minimum Gasteiger partial charge on any atom is -0.439 e. The molecular weight excluding hydrogens is 328 g/mol. The van der Waals surface area contributed by atoms with Gasteiger partial charge >= 0.3 is 0 Å². The molecule has 0 aliphatic carbocycles. The quantitative estimate of drug-likeness (QED) is 0.764. The zero-order valence-corrected chi connectivity index (χ0v) is 14.3. The second kappa shape index (κ2) is 7.57. The summed E-state index contributed by atoms with van der Waals surface area (Å²) in [6.45, 7) is 8.05. The highest BCUT2D eigenvalue weighted by Gasteiger charge is 2.04. The van der Waals surface area contributed by atoms with Crippen molar-refractivity contribution in [3.8, 4) is 11.6 Å². The number of aryl methyl sites for hydroxylation is 2. The number of halogens is 1. The van der Waals surface area contributed by atoms with Gasteiger partial charge in [-0.15, -0.1) is 0 Å². The van der Waals surface area contributed by atoms with Crippen molar-refractivity contribution in [3.63, 3.8) is 0 Å². The molecule has 0 saturated carbocycles. The molecule has 21 heavy (non-hydrogen) atoms. The Balaban J connectivity index is 2.13. The van der Waals surface area contributed by atoms with Crippen molar-refractivity contribution < 1.29 is 4.74 Å². The number of aromatic nitrogens is 1. The maximum absolute atomic E-state index is 5.88. The van der Waals surface area contributed by atoms with Crippen molar-refractivity contribution in [2.45, 2.75) is 33.7 Å². The summed E-state index contributed by atoms with van der Waals surface area (Å²) in [5.41, 5.74) is 3.31. The van der Waals surface area contributed by atoms with Crippen LogP contribution in [0.15, 0.2) is 34.8 Å². The number of hydrogen-bond acceptors (Lipinski definition) is 3. The molecule has 1 aromatic carbocycles. The van der Waals surface area contributed by atoms with Gasteiger partial charge in [0.25, 0.3) is 0 Å². The van der Waals surface area contributed by atoms with Gasteiger partial charge < -0.3 is 10.1 Å². The van der Waals surface area contributed by atoms with E-state index in [4.69, 9.17) is 4.74 Å². The van der Waals surface area contributed by atoms with Crippen molar-refractivity contribution in [3.05, 3.63) is 51.6 Å². The third kappa shape index (κ3) is 4.83. The lowest BCUT2D eigenvalue weighted by Crippen LogP contribution is -2.14. The molecule has 0 fully saturated rings. The van der Waals surface area contributed by atoms with Crippen molar-refractivity contribution in [2.75, 3.05) is 6.54 Å². The van der Waals surface area contributed by atoms with Crippen molar-refractivity contribution in [2.24, 2.45) is 0 Å². The third-order valence-corrected chi connectivity index (χ3v) is 3.99. The Labute approximate surface area is 134 Å². The third-order valence-electron chi connectivity index (χ3n) is 3.10. The predicted molar refractivity (Wildman–Crippen MR) is 89.9 cm³/mol.